The summed E-state index contributed by atoms with van der Waals surface area (Å²) in [5, 5.41) is 7.94. The zero-order valence-electron chi connectivity index (χ0n) is 35.0. The Bertz CT molecular complexity index is 970. The summed E-state index contributed by atoms with van der Waals surface area (Å²) in [6.45, 7) is 34.1. The van der Waals surface area contributed by atoms with Crippen LogP contribution >= 0.6 is 11.3 Å². The van der Waals surface area contributed by atoms with Gasteiger partial charge >= 0.3 is 0 Å². The summed E-state index contributed by atoms with van der Waals surface area (Å²) in [6.07, 6.45) is 22.5. The third-order valence-electron chi connectivity index (χ3n) is 7.97. The van der Waals surface area contributed by atoms with E-state index in [1.165, 1.54) is 93.7 Å². The number of aryl methyl sites for hydroxylation is 4. The molecule has 4 rings (SSSR count). The molecule has 0 aliphatic heterocycles. The molecule has 1 aliphatic rings. The van der Waals surface area contributed by atoms with Gasteiger partial charge in [-0.2, -0.15) is 11.3 Å². The molecule has 48 heavy (non-hydrogen) atoms. The molecular weight excluding hydrogens is 605 g/mol. The monoisotopic (exact) mass is 687 g/mol. The molecule has 3 nitrogen and oxygen atoms in total. The van der Waals surface area contributed by atoms with Crippen LogP contribution in [-0.4, -0.2) is 10.1 Å². The molecule has 1 aliphatic carbocycles. The molecule has 1 fully saturated rings. The molecule has 4 heteroatoms. The number of thiophene rings is 1. The molecular formula is C44H82N2OS. The molecule has 3 aromatic heterocycles. The maximum absolute atomic E-state index is 4.84. The van der Waals surface area contributed by atoms with Gasteiger partial charge in [-0.25, -0.2) is 0 Å². The molecule has 0 N–H and O–H groups in total. The third-order valence-corrected chi connectivity index (χ3v) is 8.77. The number of rotatable bonds is 5. The van der Waals surface area contributed by atoms with Crippen LogP contribution in [0.5, 0.6) is 0 Å². The molecule has 0 radical (unpaired) electrons. The van der Waals surface area contributed by atoms with E-state index >= 15 is 0 Å². The highest BCUT2D eigenvalue weighted by Crippen LogP contribution is 2.22. The van der Waals surface area contributed by atoms with Crippen LogP contribution in [0.1, 0.15) is 181 Å². The minimum absolute atomic E-state index is 0.919. The fraction of sp³-hybridized carbons (Fsp3) is 0.682. The number of nitrogens with zero attached hydrogens (tertiary/aromatic N) is 2. The average molecular weight is 687 g/mol. The van der Waals surface area contributed by atoms with Gasteiger partial charge in [0, 0.05) is 18.0 Å². The van der Waals surface area contributed by atoms with E-state index in [4.69, 9.17) is 4.52 Å². The molecule has 0 saturated heterocycles. The minimum atomic E-state index is 0.919. The van der Waals surface area contributed by atoms with Crippen molar-refractivity contribution in [2.24, 2.45) is 11.8 Å². The maximum Gasteiger partial charge on any atom is 0.136 e. The van der Waals surface area contributed by atoms with Crippen LogP contribution in [-0.2, 0) is 0 Å². The third kappa shape index (κ3) is 43.8. The number of hydrogen-bond acceptors (Lipinski definition) is 4. The topological polar surface area (TPSA) is 38.9 Å². The van der Waals surface area contributed by atoms with Crippen molar-refractivity contribution in [3.8, 4) is 0 Å². The first-order valence-corrected chi connectivity index (χ1v) is 20.1. The Morgan fingerprint density at radius 2 is 1.31 bits per heavy atom. The van der Waals surface area contributed by atoms with E-state index < -0.39 is 0 Å². The van der Waals surface area contributed by atoms with Crippen LogP contribution in [0.4, 0.5) is 0 Å². The first kappa shape index (κ1) is 52.6. The molecule has 0 amide bonds. The summed E-state index contributed by atoms with van der Waals surface area (Å²) >= 11 is 1.74. The highest BCUT2D eigenvalue weighted by molar-refractivity contribution is 7.07. The second kappa shape index (κ2) is 41.0. The van der Waals surface area contributed by atoms with E-state index in [1.54, 1.807) is 23.7 Å². The molecule has 280 valence electrons. The van der Waals surface area contributed by atoms with Crippen molar-refractivity contribution in [3.63, 3.8) is 0 Å². The van der Waals surface area contributed by atoms with Gasteiger partial charge in [-0.05, 0) is 107 Å². The highest BCUT2D eigenvalue weighted by atomic mass is 32.1. The summed E-state index contributed by atoms with van der Waals surface area (Å²) in [4.78, 5) is 3.85. The Labute approximate surface area is 305 Å². The number of pyridine rings is 1. The zero-order chi connectivity index (χ0) is 37.6. The fourth-order valence-corrected chi connectivity index (χ4v) is 3.90. The van der Waals surface area contributed by atoms with Crippen LogP contribution in [0.2, 0.25) is 0 Å². The Morgan fingerprint density at radius 3 is 1.44 bits per heavy atom. The Kier molecular flexibility index (Phi) is 44.9. The van der Waals surface area contributed by atoms with Gasteiger partial charge in [0.25, 0.3) is 0 Å². The highest BCUT2D eigenvalue weighted by Gasteiger charge is 2.06. The predicted octanol–water partition coefficient (Wildman–Crippen LogP) is 16.1. The van der Waals surface area contributed by atoms with Crippen molar-refractivity contribution in [1.82, 2.24) is 10.1 Å². The van der Waals surface area contributed by atoms with E-state index in [-0.39, 0.29) is 0 Å². The molecule has 3 aromatic rings. The standard InChI is InChI=1S/C7H14.C6H9NO.C6H7N.C6H14.C5H6S.C5H10.C5H12.C4H10/c1-7-5-3-2-4-6-7;1-4-5(2)7-8-6(4)3;1-6-2-4-7-5-3-6;1-4-6(3)5-2;1-5-2-3-6-4-5;1-4-5(2)3;1-3-5-4-2;1-3-4-2/h7H,2-6H2,1H3;1-3H3;2-5H,1H3;6H,4-5H2,1-3H3;2-4H,1H3;4H,1-3H3;3-5H2,1-2H3;3-4H2,1-2H3. The van der Waals surface area contributed by atoms with Crippen molar-refractivity contribution >= 4 is 11.3 Å². The van der Waals surface area contributed by atoms with E-state index in [9.17, 15) is 0 Å². The Hall–Kier alpha value is -2.20. The second-order valence-corrected chi connectivity index (χ2v) is 13.9. The lowest BCUT2D eigenvalue weighted by atomic mass is 9.91. The molecule has 1 saturated carbocycles. The number of hydrogen-bond donors (Lipinski definition) is 0. The SMILES string of the molecule is CC1CCCCC1.CC=C(C)C.CCC(C)CC.CCCC.CCCCC.Cc1ccncc1.Cc1ccsc1.Cc1noc(C)c1C. The second-order valence-electron chi connectivity index (χ2n) is 13.2. The number of allylic oxidation sites excluding steroid dienone is 2. The maximum atomic E-state index is 4.84. The van der Waals surface area contributed by atoms with Gasteiger partial charge in [0.2, 0.25) is 0 Å². The van der Waals surface area contributed by atoms with Crippen molar-refractivity contribution in [2.45, 2.75) is 188 Å². The number of unbranched alkanes of at least 4 members (excludes halogenated alkanes) is 3. The quantitative estimate of drug-likeness (QED) is 0.251. The predicted molar refractivity (Wildman–Crippen MR) is 222 cm³/mol. The van der Waals surface area contributed by atoms with Gasteiger partial charge in [-0.3, -0.25) is 4.98 Å². The summed E-state index contributed by atoms with van der Waals surface area (Å²) in [6, 6.07) is 6.05. The first-order valence-electron chi connectivity index (χ1n) is 19.1. The summed E-state index contributed by atoms with van der Waals surface area (Å²) in [7, 11) is 0. The molecule has 0 bridgehead atoms. The van der Waals surface area contributed by atoms with Crippen LogP contribution in [0.3, 0.4) is 0 Å². The van der Waals surface area contributed by atoms with Gasteiger partial charge < -0.3 is 4.52 Å². The summed E-state index contributed by atoms with van der Waals surface area (Å²) in [5.74, 6) is 2.89. The van der Waals surface area contributed by atoms with E-state index in [0.717, 1.165) is 28.9 Å². The largest absolute Gasteiger partial charge is 0.361 e. The first-order chi connectivity index (χ1) is 22.8. The van der Waals surface area contributed by atoms with Crippen LogP contribution in [0.25, 0.3) is 0 Å². The van der Waals surface area contributed by atoms with Gasteiger partial charge in [-0.1, -0.05) is 149 Å². The number of aromatic nitrogens is 2. The molecule has 0 aromatic carbocycles. The van der Waals surface area contributed by atoms with E-state index in [2.05, 4.69) is 109 Å². The van der Waals surface area contributed by atoms with Crippen molar-refractivity contribution in [2.75, 3.05) is 0 Å². The normalized spacial score (nSPS) is 11.2. The zero-order valence-corrected chi connectivity index (χ0v) is 35.8. The summed E-state index contributed by atoms with van der Waals surface area (Å²) < 4.78 is 4.84. The molecule has 0 atom stereocenters. The molecule has 0 spiro atoms. The average Bonchev–Trinajstić information content (AvgIpc) is 3.70. The van der Waals surface area contributed by atoms with Crippen molar-refractivity contribution < 1.29 is 4.52 Å². The van der Waals surface area contributed by atoms with Crippen LogP contribution < -0.4 is 0 Å². The lowest BCUT2D eigenvalue weighted by molar-refractivity contribution is 0.385. The van der Waals surface area contributed by atoms with Crippen LogP contribution in [0, 0.1) is 46.5 Å². The minimum Gasteiger partial charge on any atom is -0.361 e. The Balaban J connectivity index is -0.000000233. The van der Waals surface area contributed by atoms with Gasteiger partial charge in [-0.15, -0.1) is 0 Å². The summed E-state index contributed by atoms with van der Waals surface area (Å²) in [5.41, 5.74) is 6.15. The van der Waals surface area contributed by atoms with E-state index in [1.807, 2.05) is 46.8 Å². The smallest absolute Gasteiger partial charge is 0.136 e. The van der Waals surface area contributed by atoms with Crippen LogP contribution in [0.15, 0.2) is 57.5 Å². The lowest BCUT2D eigenvalue weighted by Gasteiger charge is -2.15. The lowest BCUT2D eigenvalue weighted by Crippen LogP contribution is -1.99. The van der Waals surface area contributed by atoms with Gasteiger partial charge in [0.05, 0.1) is 5.69 Å². The molecule has 0 unspecified atom stereocenters. The Morgan fingerprint density at radius 1 is 0.812 bits per heavy atom. The van der Waals surface area contributed by atoms with Gasteiger partial charge in [0.1, 0.15) is 5.76 Å². The van der Waals surface area contributed by atoms with Crippen molar-refractivity contribution in [1.29, 1.82) is 0 Å². The fourth-order valence-electron chi connectivity index (χ4n) is 3.24. The van der Waals surface area contributed by atoms with Crippen molar-refractivity contribution in [3.05, 3.63) is 81.1 Å². The molecule has 3 heterocycles. The van der Waals surface area contributed by atoms with E-state index in [0.29, 0.717) is 0 Å². The van der Waals surface area contributed by atoms with Gasteiger partial charge in [0.15, 0.2) is 0 Å².